The molecule has 0 aliphatic carbocycles. The molecule has 1 amide bonds. The van der Waals surface area contributed by atoms with Crippen molar-refractivity contribution >= 4 is 36.6 Å². The normalized spacial score (nSPS) is 11.0. The highest BCUT2D eigenvalue weighted by molar-refractivity contribution is 5.94. The van der Waals surface area contributed by atoms with Crippen molar-refractivity contribution in [2.24, 2.45) is 5.73 Å². The van der Waals surface area contributed by atoms with Crippen molar-refractivity contribution in [3.05, 3.63) is 89.2 Å². The smallest absolute Gasteiger partial charge is 0.254 e. The van der Waals surface area contributed by atoms with Gasteiger partial charge in [0.1, 0.15) is 17.5 Å². The van der Waals surface area contributed by atoms with Gasteiger partial charge in [0.25, 0.3) is 5.91 Å². The number of benzene rings is 2. The minimum atomic E-state index is -1.46. The minimum absolute atomic E-state index is 0. The topological polar surface area (TPSA) is 101 Å². The summed E-state index contributed by atoms with van der Waals surface area (Å²) >= 11 is 0. The molecule has 1 heterocycles. The number of halogens is 4. The van der Waals surface area contributed by atoms with Crippen molar-refractivity contribution in [1.82, 2.24) is 10.3 Å². The van der Waals surface area contributed by atoms with E-state index in [4.69, 9.17) is 15.9 Å². The number of amides is 1. The molecule has 4 N–H and O–H groups in total. The molecule has 1 aromatic heterocycles. The van der Waals surface area contributed by atoms with E-state index in [1.165, 1.54) is 18.5 Å². The van der Waals surface area contributed by atoms with Crippen LogP contribution in [0.3, 0.4) is 0 Å². The summed E-state index contributed by atoms with van der Waals surface area (Å²) in [5.74, 6) is -2.45. The van der Waals surface area contributed by atoms with E-state index in [-0.39, 0.29) is 49.4 Å². The summed E-state index contributed by atoms with van der Waals surface area (Å²) in [6.45, 7) is 1.85. The van der Waals surface area contributed by atoms with Gasteiger partial charge in [-0.25, -0.2) is 8.78 Å². The zero-order valence-corrected chi connectivity index (χ0v) is 19.3. The van der Waals surface area contributed by atoms with Crippen LogP contribution >= 0.6 is 24.8 Å². The van der Waals surface area contributed by atoms with Gasteiger partial charge in [-0.15, -0.1) is 24.8 Å². The summed E-state index contributed by atoms with van der Waals surface area (Å²) in [6.07, 6.45) is 1.55. The number of carbonyl (C=O) groups excluding carboxylic acids is 1. The van der Waals surface area contributed by atoms with Crippen LogP contribution in [0, 0.1) is 17.0 Å². The van der Waals surface area contributed by atoms with Crippen molar-refractivity contribution in [1.29, 1.82) is 5.41 Å². The van der Waals surface area contributed by atoms with Gasteiger partial charge in [0, 0.05) is 36.7 Å². The molecular weight excluding hydrogens is 473 g/mol. The van der Waals surface area contributed by atoms with Crippen molar-refractivity contribution in [3.8, 4) is 11.1 Å². The molecule has 0 saturated heterocycles. The Balaban J connectivity index is 0.00000272. The Labute approximate surface area is 202 Å². The van der Waals surface area contributed by atoms with Crippen molar-refractivity contribution in [3.63, 3.8) is 0 Å². The highest BCUT2D eigenvalue weighted by Gasteiger charge is 2.29. The predicted octanol–water partition coefficient (Wildman–Crippen LogP) is 4.55. The molecule has 176 valence electrons. The number of amidine groups is 1. The molecule has 0 radical (unpaired) electrons. The Morgan fingerprint density at radius 2 is 1.73 bits per heavy atom. The number of rotatable bonds is 8. The summed E-state index contributed by atoms with van der Waals surface area (Å²) in [5, 5.41) is 10.1. The molecule has 0 aliphatic heterocycles. The second-order valence-corrected chi connectivity index (χ2v) is 6.72. The lowest BCUT2D eigenvalue weighted by Gasteiger charge is -2.20. The zero-order chi connectivity index (χ0) is 22.4. The third kappa shape index (κ3) is 6.71. The van der Waals surface area contributed by atoms with Crippen molar-refractivity contribution < 1.29 is 18.3 Å². The van der Waals surface area contributed by atoms with Crippen LogP contribution < -0.4 is 11.1 Å². The summed E-state index contributed by atoms with van der Waals surface area (Å²) in [5.41, 5.74) is 6.93. The van der Waals surface area contributed by atoms with E-state index in [2.05, 4.69) is 10.3 Å². The molecule has 0 saturated carbocycles. The maximum Gasteiger partial charge on any atom is 0.254 e. The number of hydrogen-bond acceptors (Lipinski definition) is 4. The maximum absolute atomic E-state index is 15.3. The number of nitrogens with zero attached hydrogens (tertiary/aromatic N) is 1. The van der Waals surface area contributed by atoms with Gasteiger partial charge in [0.15, 0.2) is 6.10 Å². The molecule has 3 rings (SSSR count). The Morgan fingerprint density at radius 1 is 1.09 bits per heavy atom. The van der Waals surface area contributed by atoms with Crippen LogP contribution in [0.25, 0.3) is 11.1 Å². The van der Waals surface area contributed by atoms with Crippen LogP contribution in [0.1, 0.15) is 29.7 Å². The highest BCUT2D eigenvalue weighted by Crippen LogP contribution is 2.31. The molecule has 0 bridgehead atoms. The maximum atomic E-state index is 15.3. The number of ether oxygens (including phenoxy) is 1. The molecule has 33 heavy (non-hydrogen) atoms. The second-order valence-electron chi connectivity index (χ2n) is 6.72. The summed E-state index contributed by atoms with van der Waals surface area (Å²) in [6, 6.07) is 12.4. The number of carbonyl (C=O) groups is 1. The highest BCUT2D eigenvalue weighted by atomic mass is 35.5. The molecule has 1 unspecified atom stereocenters. The number of aromatic nitrogens is 1. The van der Waals surface area contributed by atoms with E-state index < -0.39 is 29.2 Å². The molecule has 1 atom stereocenters. The number of nitrogens with one attached hydrogen (secondary N) is 2. The third-order valence-electron chi connectivity index (χ3n) is 4.68. The summed E-state index contributed by atoms with van der Waals surface area (Å²) in [7, 11) is 0. The Hall–Kier alpha value is -3.07. The lowest BCUT2D eigenvalue weighted by Crippen LogP contribution is -2.31. The molecule has 2 aromatic carbocycles. The van der Waals surface area contributed by atoms with Gasteiger partial charge in [0.05, 0.1) is 5.56 Å². The van der Waals surface area contributed by atoms with E-state index in [0.29, 0.717) is 11.1 Å². The molecule has 3 aromatic rings. The fraction of sp³-hybridized carbons (Fsp3) is 0.174. The fourth-order valence-electron chi connectivity index (χ4n) is 3.10. The second kappa shape index (κ2) is 12.8. The van der Waals surface area contributed by atoms with Crippen LogP contribution in [0.5, 0.6) is 0 Å². The van der Waals surface area contributed by atoms with Crippen LogP contribution in [-0.4, -0.2) is 23.3 Å². The van der Waals surface area contributed by atoms with Crippen LogP contribution in [0.4, 0.5) is 8.78 Å². The van der Waals surface area contributed by atoms with Gasteiger partial charge in [-0.3, -0.25) is 15.2 Å². The monoisotopic (exact) mass is 496 g/mol. The van der Waals surface area contributed by atoms with Gasteiger partial charge in [0.2, 0.25) is 0 Å². The van der Waals surface area contributed by atoms with Gasteiger partial charge in [-0.05, 0) is 42.3 Å². The number of nitrogens with two attached hydrogens (primary N) is 1. The summed E-state index contributed by atoms with van der Waals surface area (Å²) < 4.78 is 35.3. The fourth-order valence-corrected chi connectivity index (χ4v) is 3.10. The van der Waals surface area contributed by atoms with E-state index in [0.717, 1.165) is 11.6 Å². The molecule has 6 nitrogen and oxygen atoms in total. The molecule has 0 spiro atoms. The van der Waals surface area contributed by atoms with Crippen molar-refractivity contribution in [2.75, 3.05) is 6.61 Å². The van der Waals surface area contributed by atoms with E-state index in [9.17, 15) is 9.18 Å². The average molecular weight is 497 g/mol. The van der Waals surface area contributed by atoms with Gasteiger partial charge >= 0.3 is 0 Å². The van der Waals surface area contributed by atoms with E-state index in [1.54, 1.807) is 43.3 Å². The predicted molar refractivity (Wildman–Crippen MR) is 128 cm³/mol. The zero-order valence-electron chi connectivity index (χ0n) is 17.7. The number of pyridine rings is 1. The first-order chi connectivity index (χ1) is 14.9. The number of hydrogen-bond donors (Lipinski definition) is 3. The molecular formula is C23H24Cl2F2N4O2. The van der Waals surface area contributed by atoms with Crippen LogP contribution in [0.2, 0.25) is 0 Å². The minimum Gasteiger partial charge on any atom is -0.384 e. The first-order valence-electron chi connectivity index (χ1n) is 9.63. The van der Waals surface area contributed by atoms with Gasteiger partial charge in [-0.2, -0.15) is 0 Å². The molecule has 0 fully saturated rings. The standard InChI is InChI=1S/C23H22F2N4O2.2ClH/c1-2-31-21(23(30)29-13-14-3-5-16(6-4-14)22(26)27)19-18(24)8-7-17(20(19)25)15-9-11-28-12-10-15;;/h3-12,21H,2,13H2,1H3,(H3,26,27)(H,29,30);2*1H. The lowest BCUT2D eigenvalue weighted by atomic mass is 9.99. The van der Waals surface area contributed by atoms with Gasteiger partial charge in [-0.1, -0.05) is 24.3 Å². The first kappa shape index (κ1) is 28.0. The molecule has 10 heteroatoms. The average Bonchev–Trinajstić information content (AvgIpc) is 2.77. The van der Waals surface area contributed by atoms with Crippen LogP contribution in [0.15, 0.2) is 60.9 Å². The van der Waals surface area contributed by atoms with E-state index >= 15 is 4.39 Å². The largest absolute Gasteiger partial charge is 0.384 e. The lowest BCUT2D eigenvalue weighted by molar-refractivity contribution is -0.133. The van der Waals surface area contributed by atoms with Gasteiger partial charge < -0.3 is 15.8 Å². The van der Waals surface area contributed by atoms with Crippen LogP contribution in [-0.2, 0) is 16.1 Å². The van der Waals surface area contributed by atoms with E-state index in [1.807, 2.05) is 0 Å². The Bertz CT molecular complexity index is 1080. The Morgan fingerprint density at radius 3 is 2.30 bits per heavy atom. The Kier molecular flexibility index (Phi) is 10.9. The molecule has 0 aliphatic rings. The van der Waals surface area contributed by atoms with Crippen molar-refractivity contribution in [2.45, 2.75) is 19.6 Å². The quantitative estimate of drug-likeness (QED) is 0.314. The first-order valence-corrected chi connectivity index (χ1v) is 9.63. The summed E-state index contributed by atoms with van der Waals surface area (Å²) in [4.78, 5) is 16.7. The SMILES string of the molecule is CCOC(C(=O)NCc1ccc(C(=N)N)cc1)c1c(F)ccc(-c2ccncc2)c1F.Cl.Cl. The third-order valence-corrected chi connectivity index (χ3v) is 4.68. The number of nitrogen functional groups attached to an aromatic ring is 1.